The van der Waals surface area contributed by atoms with Gasteiger partial charge in [0.1, 0.15) is 0 Å². The van der Waals surface area contributed by atoms with E-state index in [1.54, 1.807) is 0 Å². The van der Waals surface area contributed by atoms with E-state index in [0.29, 0.717) is 0 Å². The molecule has 0 N–H and O–H groups in total. The Morgan fingerprint density at radius 3 is 0.714 bits per heavy atom. The van der Waals surface area contributed by atoms with Gasteiger partial charge in [-0.1, -0.05) is 116 Å². The van der Waals surface area contributed by atoms with Gasteiger partial charge < -0.3 is 0 Å². The summed E-state index contributed by atoms with van der Waals surface area (Å²) in [6.07, 6.45) is 0. The van der Waals surface area contributed by atoms with E-state index >= 15 is 0 Å². The predicted octanol–water partition coefficient (Wildman–Crippen LogP) is 6.51. The van der Waals surface area contributed by atoms with Gasteiger partial charge in [-0.3, -0.25) is 0 Å². The third-order valence-electron chi connectivity index (χ3n) is 6.03. The van der Waals surface area contributed by atoms with Crippen LogP contribution in [0.25, 0.3) is 0 Å². The van der Waals surface area contributed by atoms with Crippen molar-refractivity contribution in [1.29, 1.82) is 0 Å². The van der Waals surface area contributed by atoms with Crippen LogP contribution in [0.2, 0.25) is 33.2 Å². The molecular formula is C18H44Si3. The number of hydrogen-bond acceptors (Lipinski definition) is 0. The molecule has 3 heteroatoms. The minimum Gasteiger partial charge on any atom is -0.0656 e. The van der Waals surface area contributed by atoms with Gasteiger partial charge in [-0.25, -0.2) is 0 Å². The minimum atomic E-state index is -1.18. The average Bonchev–Trinajstić information content (AvgIpc) is 2.24. The molecule has 128 valence electrons. The summed E-state index contributed by atoms with van der Waals surface area (Å²) in [5, 5.41) is 0. The van der Waals surface area contributed by atoms with Crippen molar-refractivity contribution in [3.05, 3.63) is 0 Å². The first-order chi connectivity index (χ1) is 9.42. The lowest BCUT2D eigenvalue weighted by Gasteiger charge is -2.55. The van der Waals surface area contributed by atoms with Crippen molar-refractivity contribution >= 4 is 23.7 Å². The zero-order chi connectivity index (χ0) is 17.1. The number of rotatable bonds is 8. The van der Waals surface area contributed by atoms with E-state index < -0.39 is 23.7 Å². The quantitative estimate of drug-likeness (QED) is 0.440. The predicted molar refractivity (Wildman–Crippen MR) is 111 cm³/mol. The molecule has 21 heavy (non-hydrogen) atoms. The van der Waals surface area contributed by atoms with Crippen molar-refractivity contribution in [2.24, 2.45) is 0 Å². The Labute approximate surface area is 140 Å². The van der Waals surface area contributed by atoms with E-state index in [0.717, 1.165) is 33.2 Å². The van der Waals surface area contributed by atoms with Crippen molar-refractivity contribution in [1.82, 2.24) is 0 Å². The normalized spacial score (nSPS) is 14.3. The molecular weight excluding hydrogens is 300 g/mol. The number of hydrogen-bond donors (Lipinski definition) is 0. The van der Waals surface area contributed by atoms with Crippen LogP contribution >= 0.6 is 0 Å². The average molecular weight is 345 g/mol. The third kappa shape index (κ3) is 4.35. The minimum absolute atomic E-state index is 0.716. The second kappa shape index (κ2) is 8.49. The van der Waals surface area contributed by atoms with Gasteiger partial charge in [-0.2, -0.15) is 0 Å². The molecule has 0 aliphatic carbocycles. The highest BCUT2D eigenvalue weighted by Crippen LogP contribution is 2.48. The van der Waals surface area contributed by atoms with E-state index in [-0.39, 0.29) is 0 Å². The summed E-state index contributed by atoms with van der Waals surface area (Å²) in [6.45, 7) is 31.0. The summed E-state index contributed by atoms with van der Waals surface area (Å²) in [5.41, 5.74) is 5.90. The first kappa shape index (κ1) is 21.7. The maximum Gasteiger partial charge on any atom is 0.0416 e. The Kier molecular flexibility index (Phi) is 8.75. The molecule has 0 unspecified atom stereocenters. The monoisotopic (exact) mass is 344 g/mol. The molecule has 0 aliphatic rings. The summed E-state index contributed by atoms with van der Waals surface area (Å²) < 4.78 is 0. The Bertz CT molecular complexity index is 247. The van der Waals surface area contributed by atoms with Crippen LogP contribution < -0.4 is 0 Å². The molecule has 0 aliphatic heterocycles. The third-order valence-corrected chi connectivity index (χ3v) is 47.9. The van der Waals surface area contributed by atoms with Crippen molar-refractivity contribution in [3.8, 4) is 0 Å². The Morgan fingerprint density at radius 2 is 0.619 bits per heavy atom. The zero-order valence-corrected chi connectivity index (χ0v) is 20.4. The Balaban J connectivity index is 6.32. The van der Waals surface area contributed by atoms with Crippen LogP contribution in [0.1, 0.15) is 83.1 Å². The van der Waals surface area contributed by atoms with Crippen LogP contribution in [-0.4, -0.2) is 23.7 Å². The van der Waals surface area contributed by atoms with Gasteiger partial charge >= 0.3 is 0 Å². The van der Waals surface area contributed by atoms with Crippen molar-refractivity contribution in [3.63, 3.8) is 0 Å². The van der Waals surface area contributed by atoms with Crippen LogP contribution in [-0.2, 0) is 0 Å². The summed E-state index contributed by atoms with van der Waals surface area (Å²) in [5.74, 6) is 0. The van der Waals surface area contributed by atoms with E-state index in [9.17, 15) is 0 Å². The zero-order valence-electron chi connectivity index (χ0n) is 17.1. The highest BCUT2D eigenvalue weighted by molar-refractivity contribution is 7.61. The lowest BCUT2D eigenvalue weighted by atomic mass is 10.5. The van der Waals surface area contributed by atoms with Gasteiger partial charge in [0.2, 0.25) is 0 Å². The lowest BCUT2D eigenvalue weighted by Crippen LogP contribution is -2.70. The fraction of sp³-hybridized carbons (Fsp3) is 1.00. The van der Waals surface area contributed by atoms with Gasteiger partial charge in [0.15, 0.2) is 0 Å². The summed E-state index contributed by atoms with van der Waals surface area (Å²) in [6, 6.07) is 0. The SMILES string of the molecule is CC(C)[SiH](C(C)C)[Si](C(C)C)(C(C)C)[SiH](C(C)C)C(C)C. The summed E-state index contributed by atoms with van der Waals surface area (Å²) >= 11 is 0. The molecule has 0 heterocycles. The fourth-order valence-electron chi connectivity index (χ4n) is 6.28. The van der Waals surface area contributed by atoms with Crippen LogP contribution in [0.15, 0.2) is 0 Å². The second-order valence-corrected chi connectivity index (χ2v) is 33.1. The molecule has 0 radical (unpaired) electrons. The Morgan fingerprint density at radius 1 is 0.429 bits per heavy atom. The standard InChI is InChI=1S/C18H44Si3/c1-13(2)19(14(3)4)21(17(9)10,18(11)12)20(15(5)6)16(7)8/h13-20H,1-12H3. The van der Waals surface area contributed by atoms with Crippen LogP contribution in [0.4, 0.5) is 0 Å². The fourth-order valence-corrected chi connectivity index (χ4v) is 61.1. The molecule has 0 atom stereocenters. The largest absolute Gasteiger partial charge is 0.0656 e. The van der Waals surface area contributed by atoms with Crippen molar-refractivity contribution in [2.45, 2.75) is 116 Å². The molecule has 0 saturated heterocycles. The lowest BCUT2D eigenvalue weighted by molar-refractivity contribution is 0.882. The molecule has 0 saturated carbocycles. The van der Waals surface area contributed by atoms with Crippen LogP contribution in [0, 0.1) is 0 Å². The first-order valence-corrected chi connectivity index (χ1v) is 17.9. The highest BCUT2D eigenvalue weighted by Gasteiger charge is 2.55. The molecule has 0 aromatic rings. The topological polar surface area (TPSA) is 0 Å². The van der Waals surface area contributed by atoms with Gasteiger partial charge in [-0.15, -0.1) is 0 Å². The van der Waals surface area contributed by atoms with Gasteiger partial charge in [0.25, 0.3) is 0 Å². The molecule has 0 nitrogen and oxygen atoms in total. The molecule has 0 aromatic carbocycles. The molecule has 0 amide bonds. The van der Waals surface area contributed by atoms with E-state index in [1.807, 2.05) is 0 Å². The molecule has 0 bridgehead atoms. The van der Waals surface area contributed by atoms with E-state index in [2.05, 4.69) is 83.1 Å². The van der Waals surface area contributed by atoms with Gasteiger partial charge in [0, 0.05) is 23.7 Å². The van der Waals surface area contributed by atoms with Gasteiger partial charge in [0.05, 0.1) is 0 Å². The Hall–Kier alpha value is 0.651. The first-order valence-electron chi connectivity index (χ1n) is 9.42. The maximum atomic E-state index is 2.61. The highest BCUT2D eigenvalue weighted by atomic mass is 29.6. The van der Waals surface area contributed by atoms with E-state index in [4.69, 9.17) is 0 Å². The molecule has 0 rings (SSSR count). The van der Waals surface area contributed by atoms with Crippen LogP contribution in [0.5, 0.6) is 0 Å². The summed E-state index contributed by atoms with van der Waals surface area (Å²) in [7, 11) is -2.62. The van der Waals surface area contributed by atoms with Crippen molar-refractivity contribution in [2.75, 3.05) is 0 Å². The van der Waals surface area contributed by atoms with Crippen LogP contribution in [0.3, 0.4) is 0 Å². The summed E-state index contributed by atoms with van der Waals surface area (Å²) in [4.78, 5) is 0. The second-order valence-electron chi connectivity index (χ2n) is 9.34. The molecule has 0 spiro atoms. The maximum absolute atomic E-state index is 2.61. The molecule has 0 aromatic heterocycles. The van der Waals surface area contributed by atoms with Crippen molar-refractivity contribution < 1.29 is 0 Å². The molecule has 0 fully saturated rings. The van der Waals surface area contributed by atoms with Gasteiger partial charge in [-0.05, 0) is 0 Å². The smallest absolute Gasteiger partial charge is 0.0416 e. The van der Waals surface area contributed by atoms with E-state index in [1.165, 1.54) is 0 Å².